The third-order valence-corrected chi connectivity index (χ3v) is 2.41. The van der Waals surface area contributed by atoms with Gasteiger partial charge in [-0.3, -0.25) is 10.2 Å². The van der Waals surface area contributed by atoms with Crippen LogP contribution in [0.3, 0.4) is 0 Å². The second kappa shape index (κ2) is 5.28. The van der Waals surface area contributed by atoms with E-state index in [2.05, 4.69) is 10.3 Å². The molecule has 18 heavy (non-hydrogen) atoms. The molecule has 2 aromatic rings. The van der Waals surface area contributed by atoms with Crippen molar-refractivity contribution in [2.45, 2.75) is 6.54 Å². The van der Waals surface area contributed by atoms with Gasteiger partial charge < -0.3 is 4.74 Å². The second-order valence-electron chi connectivity index (χ2n) is 3.62. The van der Waals surface area contributed by atoms with Gasteiger partial charge in [0.15, 0.2) is 5.69 Å². The maximum atomic E-state index is 11.2. The number of carbonyl (C=O) groups excluding carboxylic acids is 1. The van der Waals surface area contributed by atoms with Crippen LogP contribution in [0.2, 0.25) is 0 Å². The van der Waals surface area contributed by atoms with E-state index in [4.69, 9.17) is 10.6 Å². The molecular weight excluding hydrogens is 234 g/mol. The molecule has 0 aliphatic carbocycles. The van der Waals surface area contributed by atoms with E-state index >= 15 is 0 Å². The van der Waals surface area contributed by atoms with Crippen molar-refractivity contribution >= 4 is 5.91 Å². The molecule has 0 atom stereocenters. The number of nitrogens with zero attached hydrogens (tertiary/aromatic N) is 3. The number of nitrogen functional groups attached to an aromatic ring is 1. The molecule has 3 N–H and O–H groups in total. The highest BCUT2D eigenvalue weighted by molar-refractivity contribution is 5.91. The summed E-state index contributed by atoms with van der Waals surface area (Å²) in [5.41, 5.74) is 3.22. The number of carbonyl (C=O) groups is 1. The Morgan fingerprint density at radius 2 is 2.17 bits per heavy atom. The highest BCUT2D eigenvalue weighted by Crippen LogP contribution is 2.12. The lowest BCUT2D eigenvalue weighted by molar-refractivity contribution is 0.0948. The second-order valence-corrected chi connectivity index (χ2v) is 3.62. The largest absolute Gasteiger partial charge is 0.497 e. The molecule has 0 saturated carbocycles. The summed E-state index contributed by atoms with van der Waals surface area (Å²) in [6, 6.07) is 7.56. The van der Waals surface area contributed by atoms with Crippen LogP contribution in [0.4, 0.5) is 0 Å². The molecule has 1 aromatic heterocycles. The molecule has 0 saturated heterocycles. The summed E-state index contributed by atoms with van der Waals surface area (Å²) in [4.78, 5) is 11.2. The number of hydrazine groups is 1. The maximum absolute atomic E-state index is 11.2. The number of hydrogen-bond donors (Lipinski definition) is 2. The minimum Gasteiger partial charge on any atom is -0.497 e. The number of ether oxygens (including phenoxy) is 1. The summed E-state index contributed by atoms with van der Waals surface area (Å²) in [5.74, 6) is 5.34. The Balaban J connectivity index is 2.08. The summed E-state index contributed by atoms with van der Waals surface area (Å²) < 4.78 is 6.63. The van der Waals surface area contributed by atoms with E-state index in [1.54, 1.807) is 11.8 Å². The van der Waals surface area contributed by atoms with Gasteiger partial charge >= 0.3 is 0 Å². The lowest BCUT2D eigenvalue weighted by Crippen LogP contribution is -2.30. The topological polar surface area (TPSA) is 95.1 Å². The van der Waals surface area contributed by atoms with Gasteiger partial charge in [-0.1, -0.05) is 17.3 Å². The first-order valence-electron chi connectivity index (χ1n) is 5.27. The molecule has 7 nitrogen and oxygen atoms in total. The van der Waals surface area contributed by atoms with Crippen LogP contribution in [0.15, 0.2) is 30.5 Å². The Kier molecular flexibility index (Phi) is 3.54. The number of nitrogens with one attached hydrogen (secondary N) is 1. The lowest BCUT2D eigenvalue weighted by atomic mass is 10.2. The van der Waals surface area contributed by atoms with Crippen molar-refractivity contribution in [3.05, 3.63) is 41.7 Å². The van der Waals surface area contributed by atoms with Crippen molar-refractivity contribution in [1.82, 2.24) is 20.4 Å². The van der Waals surface area contributed by atoms with E-state index in [0.717, 1.165) is 11.3 Å². The van der Waals surface area contributed by atoms with E-state index in [9.17, 15) is 4.79 Å². The third kappa shape index (κ3) is 2.64. The van der Waals surface area contributed by atoms with Crippen LogP contribution in [0.5, 0.6) is 5.75 Å². The smallest absolute Gasteiger partial charge is 0.287 e. The minimum atomic E-state index is -0.462. The van der Waals surface area contributed by atoms with E-state index in [0.29, 0.717) is 6.54 Å². The van der Waals surface area contributed by atoms with Gasteiger partial charge in [0.25, 0.3) is 5.91 Å². The van der Waals surface area contributed by atoms with Gasteiger partial charge in [0.2, 0.25) is 0 Å². The predicted octanol–water partition coefficient (Wildman–Crippen LogP) is -0.0615. The molecule has 2 rings (SSSR count). The zero-order valence-corrected chi connectivity index (χ0v) is 9.83. The summed E-state index contributed by atoms with van der Waals surface area (Å²) in [6.45, 7) is 0.523. The van der Waals surface area contributed by atoms with Crippen LogP contribution in [0.1, 0.15) is 16.1 Å². The molecule has 0 fully saturated rings. The van der Waals surface area contributed by atoms with Crippen molar-refractivity contribution in [3.63, 3.8) is 0 Å². The first-order chi connectivity index (χ1) is 8.72. The molecule has 0 radical (unpaired) electrons. The van der Waals surface area contributed by atoms with Crippen LogP contribution in [-0.2, 0) is 6.54 Å². The fraction of sp³-hybridized carbons (Fsp3) is 0.182. The third-order valence-electron chi connectivity index (χ3n) is 2.41. The number of nitrogens with two attached hydrogens (primary N) is 1. The molecule has 0 bridgehead atoms. The summed E-state index contributed by atoms with van der Waals surface area (Å²) >= 11 is 0. The maximum Gasteiger partial charge on any atom is 0.287 e. The van der Waals surface area contributed by atoms with E-state index in [1.165, 1.54) is 6.20 Å². The Morgan fingerprint density at radius 3 is 2.78 bits per heavy atom. The Labute approximate surface area is 104 Å². The normalized spacial score (nSPS) is 10.1. The predicted molar refractivity (Wildman–Crippen MR) is 63.8 cm³/mol. The zero-order valence-electron chi connectivity index (χ0n) is 9.83. The SMILES string of the molecule is COc1ccc(Cn2cc(C(=O)NN)nn2)cc1. The van der Waals surface area contributed by atoms with Gasteiger partial charge in [-0.05, 0) is 17.7 Å². The number of benzene rings is 1. The summed E-state index contributed by atoms with van der Waals surface area (Å²) in [6.07, 6.45) is 1.53. The number of amides is 1. The molecular formula is C11H13N5O2. The van der Waals surface area contributed by atoms with Crippen molar-refractivity contribution in [3.8, 4) is 5.75 Å². The Bertz CT molecular complexity index is 535. The van der Waals surface area contributed by atoms with E-state index in [-0.39, 0.29) is 5.69 Å². The molecule has 0 aliphatic rings. The number of aromatic nitrogens is 3. The van der Waals surface area contributed by atoms with Gasteiger partial charge in [0.1, 0.15) is 5.75 Å². The van der Waals surface area contributed by atoms with Crippen LogP contribution >= 0.6 is 0 Å². The molecule has 0 unspecified atom stereocenters. The summed E-state index contributed by atoms with van der Waals surface area (Å²) in [5, 5.41) is 7.56. The fourth-order valence-corrected chi connectivity index (χ4v) is 1.47. The van der Waals surface area contributed by atoms with Gasteiger partial charge in [-0.15, -0.1) is 5.10 Å². The monoisotopic (exact) mass is 247 g/mol. The highest BCUT2D eigenvalue weighted by atomic mass is 16.5. The molecule has 1 heterocycles. The van der Waals surface area contributed by atoms with Crippen LogP contribution in [0, 0.1) is 0 Å². The average molecular weight is 247 g/mol. The summed E-state index contributed by atoms with van der Waals surface area (Å²) in [7, 11) is 1.62. The van der Waals surface area contributed by atoms with Crippen LogP contribution in [0.25, 0.3) is 0 Å². The van der Waals surface area contributed by atoms with Gasteiger partial charge in [0.05, 0.1) is 19.9 Å². The van der Waals surface area contributed by atoms with Gasteiger partial charge in [0, 0.05) is 0 Å². The van der Waals surface area contributed by atoms with Crippen molar-refractivity contribution in [1.29, 1.82) is 0 Å². The fourth-order valence-electron chi connectivity index (χ4n) is 1.47. The van der Waals surface area contributed by atoms with E-state index in [1.807, 2.05) is 29.7 Å². The first-order valence-corrected chi connectivity index (χ1v) is 5.27. The Hall–Kier alpha value is -2.41. The van der Waals surface area contributed by atoms with Crippen molar-refractivity contribution < 1.29 is 9.53 Å². The van der Waals surface area contributed by atoms with Crippen molar-refractivity contribution in [2.75, 3.05) is 7.11 Å². The highest BCUT2D eigenvalue weighted by Gasteiger charge is 2.08. The van der Waals surface area contributed by atoms with Gasteiger partial charge in [-0.25, -0.2) is 10.5 Å². The van der Waals surface area contributed by atoms with E-state index < -0.39 is 5.91 Å². The van der Waals surface area contributed by atoms with Crippen LogP contribution < -0.4 is 16.0 Å². The molecule has 0 spiro atoms. The molecule has 0 aliphatic heterocycles. The number of hydrogen-bond acceptors (Lipinski definition) is 5. The van der Waals surface area contributed by atoms with Crippen LogP contribution in [-0.4, -0.2) is 28.0 Å². The lowest BCUT2D eigenvalue weighted by Gasteiger charge is -2.02. The Morgan fingerprint density at radius 1 is 1.44 bits per heavy atom. The molecule has 94 valence electrons. The molecule has 1 aromatic carbocycles. The van der Waals surface area contributed by atoms with Gasteiger partial charge in [-0.2, -0.15) is 0 Å². The number of rotatable bonds is 4. The quantitative estimate of drug-likeness (QED) is 0.448. The number of methoxy groups -OCH3 is 1. The molecule has 1 amide bonds. The minimum absolute atomic E-state index is 0.186. The standard InChI is InChI=1S/C11H13N5O2/c1-18-9-4-2-8(3-5-9)6-16-7-10(14-15-16)11(17)13-12/h2-5,7H,6,12H2,1H3,(H,13,17). The van der Waals surface area contributed by atoms with Crippen molar-refractivity contribution in [2.24, 2.45) is 5.84 Å². The first kappa shape index (κ1) is 12.1. The average Bonchev–Trinajstić information content (AvgIpc) is 2.87. The zero-order chi connectivity index (χ0) is 13.0. The molecule has 7 heteroatoms.